The van der Waals surface area contributed by atoms with Crippen LogP contribution in [-0.2, 0) is 9.31 Å². The van der Waals surface area contributed by atoms with Gasteiger partial charge in [0.1, 0.15) is 0 Å². The van der Waals surface area contributed by atoms with Crippen LogP contribution in [0.2, 0.25) is 0 Å². The maximum absolute atomic E-state index is 5.71. The van der Waals surface area contributed by atoms with Gasteiger partial charge in [-0.2, -0.15) is 0 Å². The lowest BCUT2D eigenvalue weighted by molar-refractivity contribution is 0.136. The molecule has 0 aromatic heterocycles. The van der Waals surface area contributed by atoms with Gasteiger partial charge in [0.05, 0.1) is 12.2 Å². The molecule has 0 radical (unpaired) electrons. The van der Waals surface area contributed by atoms with Gasteiger partial charge in [-0.3, -0.25) is 0 Å². The SMILES string of the molecule is C=C/C(=C\N(C)C)B1OCC(C)(C)O1. The topological polar surface area (TPSA) is 21.7 Å². The molecular weight excluding hydrogens is 177 g/mol. The Bertz CT molecular complexity index is 249. The summed E-state index contributed by atoms with van der Waals surface area (Å²) in [6.07, 6.45) is 3.73. The number of hydrogen-bond acceptors (Lipinski definition) is 3. The molecule has 0 bridgehead atoms. The minimum absolute atomic E-state index is 0.195. The zero-order chi connectivity index (χ0) is 10.8. The minimum atomic E-state index is -0.273. The van der Waals surface area contributed by atoms with Crippen molar-refractivity contribution < 1.29 is 9.31 Å². The van der Waals surface area contributed by atoms with Gasteiger partial charge >= 0.3 is 7.12 Å². The standard InChI is InChI=1S/C10H18BNO2/c1-6-9(7-12(4)5)11-13-8-10(2,3)14-11/h6-7H,1,8H2,2-5H3/b9-7+. The molecule has 1 aliphatic rings. The van der Waals surface area contributed by atoms with Gasteiger partial charge in [0.15, 0.2) is 0 Å². The fourth-order valence-electron chi connectivity index (χ4n) is 1.31. The van der Waals surface area contributed by atoms with E-state index in [-0.39, 0.29) is 12.7 Å². The van der Waals surface area contributed by atoms with Crippen molar-refractivity contribution in [2.24, 2.45) is 0 Å². The van der Waals surface area contributed by atoms with Crippen LogP contribution in [0.5, 0.6) is 0 Å². The summed E-state index contributed by atoms with van der Waals surface area (Å²) >= 11 is 0. The highest BCUT2D eigenvalue weighted by molar-refractivity contribution is 6.55. The van der Waals surface area contributed by atoms with Crippen molar-refractivity contribution in [2.75, 3.05) is 20.7 Å². The summed E-state index contributed by atoms with van der Waals surface area (Å²) in [6, 6.07) is 0. The smallest absolute Gasteiger partial charge is 0.404 e. The van der Waals surface area contributed by atoms with E-state index >= 15 is 0 Å². The molecule has 0 aromatic rings. The lowest BCUT2D eigenvalue weighted by Crippen LogP contribution is -2.26. The molecule has 0 N–H and O–H groups in total. The second-order valence-corrected chi connectivity index (χ2v) is 4.32. The first kappa shape index (κ1) is 11.3. The van der Waals surface area contributed by atoms with Crippen LogP contribution in [0.4, 0.5) is 0 Å². The Morgan fingerprint density at radius 1 is 1.50 bits per heavy atom. The lowest BCUT2D eigenvalue weighted by atomic mass is 9.79. The summed E-state index contributed by atoms with van der Waals surface area (Å²) in [5.74, 6) is 0. The molecule has 0 unspecified atom stereocenters. The molecule has 1 rings (SSSR count). The molecule has 1 fully saturated rings. The average Bonchev–Trinajstić information content (AvgIpc) is 2.41. The number of allylic oxidation sites excluding steroid dienone is 2. The Morgan fingerprint density at radius 2 is 2.14 bits per heavy atom. The zero-order valence-electron chi connectivity index (χ0n) is 9.41. The van der Waals surface area contributed by atoms with Crippen LogP contribution in [-0.4, -0.2) is 38.3 Å². The van der Waals surface area contributed by atoms with E-state index in [1.165, 1.54) is 0 Å². The molecule has 0 amide bonds. The fourth-order valence-corrected chi connectivity index (χ4v) is 1.31. The second kappa shape index (κ2) is 4.19. The Balaban J connectivity index is 2.69. The molecule has 0 saturated carbocycles. The monoisotopic (exact) mass is 195 g/mol. The number of nitrogens with zero attached hydrogens (tertiary/aromatic N) is 1. The summed E-state index contributed by atoms with van der Waals surface area (Å²) < 4.78 is 11.2. The molecule has 1 aliphatic heterocycles. The Hall–Kier alpha value is -0.735. The van der Waals surface area contributed by atoms with E-state index < -0.39 is 0 Å². The second-order valence-electron chi connectivity index (χ2n) is 4.32. The van der Waals surface area contributed by atoms with Crippen LogP contribution in [0.25, 0.3) is 0 Å². The predicted octanol–water partition coefficient (Wildman–Crippen LogP) is 1.47. The molecular formula is C10H18BNO2. The van der Waals surface area contributed by atoms with Crippen LogP contribution in [0.15, 0.2) is 24.3 Å². The third-order valence-corrected chi connectivity index (χ3v) is 1.92. The highest BCUT2D eigenvalue weighted by Gasteiger charge is 2.38. The summed E-state index contributed by atoms with van der Waals surface area (Å²) in [5.41, 5.74) is 0.764. The molecule has 0 aliphatic carbocycles. The molecule has 0 atom stereocenters. The van der Waals surface area contributed by atoms with Crippen LogP contribution < -0.4 is 0 Å². The molecule has 78 valence electrons. The van der Waals surface area contributed by atoms with Gasteiger partial charge in [-0.1, -0.05) is 12.7 Å². The van der Waals surface area contributed by atoms with E-state index in [4.69, 9.17) is 9.31 Å². The predicted molar refractivity (Wildman–Crippen MR) is 58.8 cm³/mol. The normalized spacial score (nSPS) is 21.1. The third-order valence-electron chi connectivity index (χ3n) is 1.92. The molecule has 3 nitrogen and oxygen atoms in total. The summed E-state index contributed by atoms with van der Waals surface area (Å²) in [6.45, 7) is 8.41. The van der Waals surface area contributed by atoms with Crippen LogP contribution in [0.1, 0.15) is 13.8 Å². The van der Waals surface area contributed by atoms with Gasteiger partial charge in [-0.05, 0) is 25.5 Å². The first-order valence-electron chi connectivity index (χ1n) is 4.74. The van der Waals surface area contributed by atoms with E-state index in [2.05, 4.69) is 6.58 Å². The van der Waals surface area contributed by atoms with Crippen molar-refractivity contribution in [2.45, 2.75) is 19.4 Å². The van der Waals surface area contributed by atoms with Crippen LogP contribution in [0.3, 0.4) is 0 Å². The Labute approximate surface area is 86.5 Å². The lowest BCUT2D eigenvalue weighted by Gasteiger charge is -2.16. The van der Waals surface area contributed by atoms with Gasteiger partial charge in [-0.15, -0.1) is 0 Å². The zero-order valence-corrected chi connectivity index (χ0v) is 9.41. The van der Waals surface area contributed by atoms with Crippen molar-refractivity contribution in [1.82, 2.24) is 4.90 Å². The molecule has 1 saturated heterocycles. The maximum atomic E-state index is 5.71. The van der Waals surface area contributed by atoms with Gasteiger partial charge in [0, 0.05) is 14.1 Å². The van der Waals surface area contributed by atoms with E-state index in [1.54, 1.807) is 6.08 Å². The third kappa shape index (κ3) is 2.89. The summed E-state index contributed by atoms with van der Waals surface area (Å²) in [7, 11) is 3.65. The van der Waals surface area contributed by atoms with Crippen LogP contribution in [0, 0.1) is 0 Å². The molecule has 1 heterocycles. The van der Waals surface area contributed by atoms with E-state index in [0.29, 0.717) is 6.61 Å². The van der Waals surface area contributed by atoms with E-state index in [9.17, 15) is 0 Å². The first-order chi connectivity index (χ1) is 6.44. The van der Waals surface area contributed by atoms with Gasteiger partial charge in [0.2, 0.25) is 0 Å². The minimum Gasteiger partial charge on any atom is -0.404 e. The molecule has 0 aromatic carbocycles. The van der Waals surface area contributed by atoms with Crippen molar-refractivity contribution in [3.05, 3.63) is 24.3 Å². The van der Waals surface area contributed by atoms with Gasteiger partial charge in [-0.25, -0.2) is 0 Å². The Kier molecular flexibility index (Phi) is 3.40. The van der Waals surface area contributed by atoms with E-state index in [0.717, 1.165) is 5.47 Å². The van der Waals surface area contributed by atoms with E-state index in [1.807, 2.05) is 39.0 Å². The maximum Gasteiger partial charge on any atom is 0.495 e. The highest BCUT2D eigenvalue weighted by atomic mass is 16.7. The number of rotatable bonds is 3. The van der Waals surface area contributed by atoms with Crippen molar-refractivity contribution in [1.29, 1.82) is 0 Å². The van der Waals surface area contributed by atoms with Gasteiger partial charge in [0.25, 0.3) is 0 Å². The fraction of sp³-hybridized carbons (Fsp3) is 0.600. The average molecular weight is 195 g/mol. The van der Waals surface area contributed by atoms with Crippen molar-refractivity contribution in [3.8, 4) is 0 Å². The van der Waals surface area contributed by atoms with Crippen molar-refractivity contribution >= 4 is 7.12 Å². The molecule has 4 heteroatoms. The van der Waals surface area contributed by atoms with Crippen molar-refractivity contribution in [3.63, 3.8) is 0 Å². The van der Waals surface area contributed by atoms with Crippen LogP contribution >= 0.6 is 0 Å². The molecule has 0 spiro atoms. The van der Waals surface area contributed by atoms with Gasteiger partial charge < -0.3 is 14.2 Å². The summed E-state index contributed by atoms with van der Waals surface area (Å²) in [4.78, 5) is 1.95. The summed E-state index contributed by atoms with van der Waals surface area (Å²) in [5, 5.41) is 0. The molecule has 14 heavy (non-hydrogen) atoms. The first-order valence-corrected chi connectivity index (χ1v) is 4.74. The quantitative estimate of drug-likeness (QED) is 0.502. The Morgan fingerprint density at radius 3 is 2.50 bits per heavy atom. The highest BCUT2D eigenvalue weighted by Crippen LogP contribution is 2.23. The largest absolute Gasteiger partial charge is 0.495 e. The number of hydrogen-bond donors (Lipinski definition) is 0.